The minimum absolute atomic E-state index is 0.0587. The molecule has 124 valence electrons. The van der Waals surface area contributed by atoms with Crippen molar-refractivity contribution < 1.29 is 14.4 Å². The molecule has 1 heterocycles. The summed E-state index contributed by atoms with van der Waals surface area (Å²) in [5.41, 5.74) is 1.42. The number of halogens is 1. The maximum atomic E-state index is 11.7. The van der Waals surface area contributed by atoms with Crippen LogP contribution in [0.25, 0.3) is 0 Å². The predicted octanol–water partition coefficient (Wildman–Crippen LogP) is 2.98. The van der Waals surface area contributed by atoms with Crippen LogP contribution in [0.15, 0.2) is 34.9 Å². The number of nitrogens with one attached hydrogen (secondary N) is 2. The second kappa shape index (κ2) is 7.99. The number of carbonyl (C=O) groups excluding carboxylic acids is 1. The summed E-state index contributed by atoms with van der Waals surface area (Å²) in [5.74, 6) is 0.850. The van der Waals surface area contributed by atoms with Crippen LogP contribution in [0.1, 0.15) is 42.9 Å². The molecule has 0 bridgehead atoms. The Morgan fingerprint density at radius 2 is 2.09 bits per heavy atom. The van der Waals surface area contributed by atoms with Gasteiger partial charge in [0.25, 0.3) is 0 Å². The van der Waals surface area contributed by atoms with Crippen LogP contribution in [0.3, 0.4) is 0 Å². The van der Waals surface area contributed by atoms with Gasteiger partial charge in [-0.3, -0.25) is 0 Å². The van der Waals surface area contributed by atoms with Gasteiger partial charge in [-0.25, -0.2) is 4.79 Å². The maximum Gasteiger partial charge on any atom is 0.315 e. The van der Waals surface area contributed by atoms with Crippen LogP contribution >= 0.6 is 11.6 Å². The Balaban J connectivity index is 1.77. The number of aromatic nitrogens is 1. The van der Waals surface area contributed by atoms with Crippen LogP contribution in [0.4, 0.5) is 4.79 Å². The number of hydrogen-bond acceptors (Lipinski definition) is 4. The van der Waals surface area contributed by atoms with Crippen LogP contribution in [-0.2, 0) is 6.54 Å². The van der Waals surface area contributed by atoms with E-state index in [2.05, 4.69) is 15.8 Å². The van der Waals surface area contributed by atoms with Gasteiger partial charge in [-0.05, 0) is 12.0 Å². The quantitative estimate of drug-likeness (QED) is 0.756. The summed E-state index contributed by atoms with van der Waals surface area (Å²) in [4.78, 5) is 11.7. The van der Waals surface area contributed by atoms with Gasteiger partial charge in [-0.2, -0.15) is 0 Å². The van der Waals surface area contributed by atoms with E-state index in [1.807, 2.05) is 19.9 Å². The number of rotatable bonds is 6. The Kier molecular flexibility index (Phi) is 6.01. The van der Waals surface area contributed by atoms with E-state index in [4.69, 9.17) is 16.1 Å². The Hall–Kier alpha value is -2.05. The van der Waals surface area contributed by atoms with E-state index in [1.54, 1.807) is 24.3 Å². The Morgan fingerprint density at radius 1 is 1.35 bits per heavy atom. The Bertz CT molecular complexity index is 658. The van der Waals surface area contributed by atoms with Crippen molar-refractivity contribution in [1.82, 2.24) is 15.8 Å². The summed E-state index contributed by atoms with van der Waals surface area (Å²) < 4.78 is 5.13. The first kappa shape index (κ1) is 17.3. The van der Waals surface area contributed by atoms with E-state index in [0.29, 0.717) is 16.3 Å². The van der Waals surface area contributed by atoms with Gasteiger partial charge in [0.2, 0.25) is 0 Å². The number of amides is 2. The van der Waals surface area contributed by atoms with E-state index in [-0.39, 0.29) is 19.0 Å². The number of nitrogens with zero attached hydrogens (tertiary/aromatic N) is 1. The van der Waals surface area contributed by atoms with E-state index < -0.39 is 12.1 Å². The lowest BCUT2D eigenvalue weighted by molar-refractivity contribution is 0.173. The molecule has 3 N–H and O–H groups in total. The number of aliphatic hydroxyl groups excluding tert-OH is 1. The molecule has 0 aliphatic carbocycles. The van der Waals surface area contributed by atoms with E-state index >= 15 is 0 Å². The zero-order chi connectivity index (χ0) is 16.8. The number of hydrogen-bond donors (Lipinski definition) is 3. The highest BCUT2D eigenvalue weighted by molar-refractivity contribution is 6.31. The lowest BCUT2D eigenvalue weighted by atomic mass is 10.1. The van der Waals surface area contributed by atoms with Gasteiger partial charge < -0.3 is 20.3 Å². The van der Waals surface area contributed by atoms with Gasteiger partial charge in [0, 0.05) is 23.2 Å². The first-order valence-electron chi connectivity index (χ1n) is 7.37. The fraction of sp³-hybridized carbons (Fsp3) is 0.375. The third kappa shape index (κ3) is 4.97. The van der Waals surface area contributed by atoms with Crippen LogP contribution < -0.4 is 10.6 Å². The minimum Gasteiger partial charge on any atom is -0.387 e. The SMILES string of the molecule is CC(C)c1cc(CNC(=O)NCC(O)c2ccccc2Cl)on1. The van der Waals surface area contributed by atoms with Crippen molar-refractivity contribution >= 4 is 17.6 Å². The van der Waals surface area contributed by atoms with Crippen molar-refractivity contribution in [3.05, 3.63) is 52.4 Å². The van der Waals surface area contributed by atoms with E-state index in [0.717, 1.165) is 5.69 Å². The number of benzene rings is 1. The molecule has 0 radical (unpaired) electrons. The normalized spacial score (nSPS) is 12.2. The molecule has 0 fully saturated rings. The zero-order valence-corrected chi connectivity index (χ0v) is 13.8. The van der Waals surface area contributed by atoms with Crippen LogP contribution in [0.5, 0.6) is 0 Å². The summed E-state index contributed by atoms with van der Waals surface area (Å²) in [6, 6.07) is 8.37. The molecule has 2 aromatic rings. The molecule has 0 saturated carbocycles. The summed E-state index contributed by atoms with van der Waals surface area (Å²) in [5, 5.41) is 19.7. The fourth-order valence-electron chi connectivity index (χ4n) is 1.96. The summed E-state index contributed by atoms with van der Waals surface area (Å²) in [6.45, 7) is 4.31. The van der Waals surface area contributed by atoms with Crippen molar-refractivity contribution in [2.45, 2.75) is 32.4 Å². The summed E-state index contributed by atoms with van der Waals surface area (Å²) in [6.07, 6.45) is -0.868. The largest absolute Gasteiger partial charge is 0.387 e. The summed E-state index contributed by atoms with van der Waals surface area (Å²) in [7, 11) is 0. The van der Waals surface area contributed by atoms with Crippen molar-refractivity contribution in [2.75, 3.05) is 6.54 Å². The molecule has 1 atom stereocenters. The van der Waals surface area contributed by atoms with Crippen molar-refractivity contribution in [3.63, 3.8) is 0 Å². The van der Waals surface area contributed by atoms with Gasteiger partial charge >= 0.3 is 6.03 Å². The monoisotopic (exact) mass is 337 g/mol. The zero-order valence-electron chi connectivity index (χ0n) is 13.0. The molecule has 6 nitrogen and oxygen atoms in total. The lowest BCUT2D eigenvalue weighted by Gasteiger charge is -2.13. The highest BCUT2D eigenvalue weighted by atomic mass is 35.5. The van der Waals surface area contributed by atoms with Gasteiger partial charge in [-0.1, -0.05) is 48.8 Å². The van der Waals surface area contributed by atoms with Crippen molar-refractivity contribution in [1.29, 1.82) is 0 Å². The smallest absolute Gasteiger partial charge is 0.315 e. The molecule has 1 aromatic carbocycles. The van der Waals surface area contributed by atoms with Crippen molar-refractivity contribution in [3.8, 4) is 0 Å². The summed E-state index contributed by atoms with van der Waals surface area (Å²) >= 11 is 6.00. The van der Waals surface area contributed by atoms with Crippen LogP contribution in [0.2, 0.25) is 5.02 Å². The maximum absolute atomic E-state index is 11.7. The van der Waals surface area contributed by atoms with Gasteiger partial charge in [0.15, 0.2) is 5.76 Å². The number of carbonyl (C=O) groups is 1. The molecule has 0 aliphatic heterocycles. The molecule has 7 heteroatoms. The third-order valence-corrected chi connectivity index (χ3v) is 3.66. The average molecular weight is 338 g/mol. The second-order valence-electron chi connectivity index (χ2n) is 5.47. The van der Waals surface area contributed by atoms with Gasteiger partial charge in [0.05, 0.1) is 18.3 Å². The van der Waals surface area contributed by atoms with Crippen molar-refractivity contribution in [2.24, 2.45) is 0 Å². The molecule has 1 aromatic heterocycles. The molecule has 0 spiro atoms. The Morgan fingerprint density at radius 3 is 2.74 bits per heavy atom. The molecular weight excluding hydrogens is 318 g/mol. The molecule has 0 aliphatic rings. The lowest BCUT2D eigenvalue weighted by Crippen LogP contribution is -2.37. The Labute approximate surface area is 139 Å². The number of urea groups is 1. The molecule has 0 saturated heterocycles. The molecular formula is C16H20ClN3O3. The fourth-order valence-corrected chi connectivity index (χ4v) is 2.22. The molecule has 1 unspecified atom stereocenters. The van der Waals surface area contributed by atoms with E-state index in [9.17, 15) is 9.90 Å². The second-order valence-corrected chi connectivity index (χ2v) is 5.88. The standard InChI is InChI=1S/C16H20ClN3O3/c1-10(2)14-7-11(23-20-14)8-18-16(22)19-9-15(21)12-5-3-4-6-13(12)17/h3-7,10,15,21H,8-9H2,1-2H3,(H2,18,19,22). The van der Waals surface area contributed by atoms with E-state index in [1.165, 1.54) is 0 Å². The highest BCUT2D eigenvalue weighted by Crippen LogP contribution is 2.21. The third-order valence-electron chi connectivity index (χ3n) is 3.31. The average Bonchev–Trinajstić information content (AvgIpc) is 3.00. The minimum atomic E-state index is -0.868. The highest BCUT2D eigenvalue weighted by Gasteiger charge is 2.13. The molecule has 23 heavy (non-hydrogen) atoms. The predicted molar refractivity (Wildman–Crippen MR) is 87.2 cm³/mol. The molecule has 2 amide bonds. The molecule has 2 rings (SSSR count). The van der Waals surface area contributed by atoms with Gasteiger partial charge in [-0.15, -0.1) is 0 Å². The topological polar surface area (TPSA) is 87.4 Å². The number of aliphatic hydroxyl groups is 1. The van der Waals surface area contributed by atoms with Crippen LogP contribution in [-0.4, -0.2) is 22.8 Å². The van der Waals surface area contributed by atoms with Crippen LogP contribution in [0, 0.1) is 0 Å². The first-order chi connectivity index (χ1) is 11.0. The van der Waals surface area contributed by atoms with Gasteiger partial charge in [0.1, 0.15) is 0 Å². The first-order valence-corrected chi connectivity index (χ1v) is 7.75.